The number of nitrogens with one attached hydrogen (secondary N) is 2. The smallest absolute Gasteiger partial charge is 0.191 e. The Morgan fingerprint density at radius 1 is 1.11 bits per heavy atom. The average molecular weight is 382 g/mol. The fraction of sp³-hybridized carbons (Fsp3) is 0.929. The second-order valence-electron chi connectivity index (χ2n) is 5.53. The maximum Gasteiger partial charge on any atom is 0.191 e. The zero-order valence-corrected chi connectivity index (χ0v) is 15.1. The molecule has 19 heavy (non-hydrogen) atoms. The van der Waals surface area contributed by atoms with Crippen LogP contribution in [0.25, 0.3) is 0 Å². The van der Waals surface area contributed by atoms with Crippen LogP contribution in [0.15, 0.2) is 4.99 Å². The number of hydrogen-bond acceptors (Lipinski definition) is 2. The lowest BCUT2D eigenvalue weighted by atomic mass is 10.2. The summed E-state index contributed by atoms with van der Waals surface area (Å²) in [6.45, 7) is 10.0. The first kappa shape index (κ1) is 19.0. The van der Waals surface area contributed by atoms with Crippen LogP contribution in [-0.2, 0) is 0 Å². The van der Waals surface area contributed by atoms with Crippen molar-refractivity contribution in [1.29, 1.82) is 0 Å². The van der Waals surface area contributed by atoms with Crippen molar-refractivity contribution >= 4 is 29.9 Å². The first-order valence-corrected chi connectivity index (χ1v) is 7.39. The molecule has 0 saturated carbocycles. The molecule has 1 aliphatic heterocycles. The van der Waals surface area contributed by atoms with Gasteiger partial charge in [0.25, 0.3) is 0 Å². The molecule has 2 N–H and O–H groups in total. The molecule has 0 aromatic carbocycles. The van der Waals surface area contributed by atoms with E-state index < -0.39 is 0 Å². The average Bonchev–Trinajstić information content (AvgIpc) is 2.62. The van der Waals surface area contributed by atoms with E-state index in [1.165, 1.54) is 38.8 Å². The Hall–Kier alpha value is -0.0400. The fourth-order valence-corrected chi connectivity index (χ4v) is 2.21. The standard InChI is InChI=1S/C14H30N4.HI/c1-13(2)12-17-14(15-3)16-8-11-18-9-6-4-5-7-10-18;/h13H,4-12H2,1-3H3,(H2,15,16,17);1H. The summed E-state index contributed by atoms with van der Waals surface area (Å²) in [5.41, 5.74) is 0. The maximum absolute atomic E-state index is 4.24. The number of nitrogens with zero attached hydrogens (tertiary/aromatic N) is 2. The molecule has 5 heteroatoms. The lowest BCUT2D eigenvalue weighted by molar-refractivity contribution is 0.289. The van der Waals surface area contributed by atoms with Crippen LogP contribution in [-0.4, -0.2) is 50.6 Å². The molecule has 0 radical (unpaired) electrons. The highest BCUT2D eigenvalue weighted by atomic mass is 127. The Labute approximate surface area is 135 Å². The molecule has 0 aromatic rings. The molecule has 1 aliphatic rings. The normalized spacial score (nSPS) is 17.8. The summed E-state index contributed by atoms with van der Waals surface area (Å²) in [7, 11) is 1.83. The molecular formula is C14H31IN4. The number of halogens is 1. The van der Waals surface area contributed by atoms with E-state index in [1.807, 2.05) is 7.05 Å². The van der Waals surface area contributed by atoms with Crippen molar-refractivity contribution < 1.29 is 0 Å². The van der Waals surface area contributed by atoms with Gasteiger partial charge in [0.2, 0.25) is 0 Å². The van der Waals surface area contributed by atoms with E-state index in [1.54, 1.807) is 0 Å². The van der Waals surface area contributed by atoms with Crippen molar-refractivity contribution in [3.8, 4) is 0 Å². The predicted octanol–water partition coefficient (Wildman–Crippen LogP) is 2.30. The van der Waals surface area contributed by atoms with Gasteiger partial charge in [0.15, 0.2) is 5.96 Å². The quantitative estimate of drug-likeness (QED) is 0.436. The van der Waals surface area contributed by atoms with Crippen LogP contribution < -0.4 is 10.6 Å². The third-order valence-corrected chi connectivity index (χ3v) is 3.32. The van der Waals surface area contributed by atoms with Gasteiger partial charge >= 0.3 is 0 Å². The Morgan fingerprint density at radius 2 is 1.74 bits per heavy atom. The summed E-state index contributed by atoms with van der Waals surface area (Å²) in [6.07, 6.45) is 5.53. The Bertz CT molecular complexity index is 236. The van der Waals surface area contributed by atoms with Crippen molar-refractivity contribution in [2.45, 2.75) is 39.5 Å². The van der Waals surface area contributed by atoms with E-state index >= 15 is 0 Å². The summed E-state index contributed by atoms with van der Waals surface area (Å²) in [6, 6.07) is 0. The van der Waals surface area contributed by atoms with Gasteiger partial charge in [-0.1, -0.05) is 26.7 Å². The molecule has 0 aromatic heterocycles. The first-order valence-electron chi connectivity index (χ1n) is 7.39. The molecule has 4 nitrogen and oxygen atoms in total. The van der Waals surface area contributed by atoms with Gasteiger partial charge in [0.1, 0.15) is 0 Å². The van der Waals surface area contributed by atoms with Crippen LogP contribution in [0.4, 0.5) is 0 Å². The topological polar surface area (TPSA) is 39.7 Å². The predicted molar refractivity (Wildman–Crippen MR) is 94.5 cm³/mol. The van der Waals surface area contributed by atoms with E-state index in [-0.39, 0.29) is 24.0 Å². The van der Waals surface area contributed by atoms with E-state index in [0.717, 1.165) is 25.6 Å². The molecule has 1 saturated heterocycles. The van der Waals surface area contributed by atoms with Gasteiger partial charge in [-0.2, -0.15) is 0 Å². The summed E-state index contributed by atoms with van der Waals surface area (Å²) in [5.74, 6) is 1.58. The number of guanidine groups is 1. The van der Waals surface area contributed by atoms with E-state index in [0.29, 0.717) is 5.92 Å². The Kier molecular flexibility index (Phi) is 11.7. The zero-order valence-electron chi connectivity index (χ0n) is 12.7. The number of hydrogen-bond donors (Lipinski definition) is 2. The minimum absolute atomic E-state index is 0. The molecule has 0 amide bonds. The fourth-order valence-electron chi connectivity index (χ4n) is 2.21. The number of aliphatic imine (C=N–C) groups is 1. The SMILES string of the molecule is CN=C(NCCN1CCCCCC1)NCC(C)C.I. The highest BCUT2D eigenvalue weighted by molar-refractivity contribution is 14.0. The summed E-state index contributed by atoms with van der Waals surface area (Å²) in [4.78, 5) is 6.80. The molecule has 0 unspecified atom stereocenters. The largest absolute Gasteiger partial charge is 0.356 e. The minimum Gasteiger partial charge on any atom is -0.356 e. The van der Waals surface area contributed by atoms with Crippen molar-refractivity contribution in [1.82, 2.24) is 15.5 Å². The van der Waals surface area contributed by atoms with Gasteiger partial charge in [-0.05, 0) is 31.8 Å². The van der Waals surface area contributed by atoms with Crippen molar-refractivity contribution in [2.24, 2.45) is 10.9 Å². The van der Waals surface area contributed by atoms with Crippen LogP contribution >= 0.6 is 24.0 Å². The maximum atomic E-state index is 4.24. The molecule has 0 bridgehead atoms. The summed E-state index contributed by atoms with van der Waals surface area (Å²) < 4.78 is 0. The van der Waals surface area contributed by atoms with Crippen LogP contribution in [0.3, 0.4) is 0 Å². The first-order chi connectivity index (χ1) is 8.72. The molecule has 0 spiro atoms. The molecule has 1 fully saturated rings. The second kappa shape index (κ2) is 11.8. The van der Waals surface area contributed by atoms with Crippen molar-refractivity contribution in [2.75, 3.05) is 39.8 Å². The van der Waals surface area contributed by atoms with Crippen LogP contribution in [0.5, 0.6) is 0 Å². The molecule has 1 heterocycles. The molecule has 0 aliphatic carbocycles. The third kappa shape index (κ3) is 9.49. The second-order valence-corrected chi connectivity index (χ2v) is 5.53. The van der Waals surface area contributed by atoms with Crippen LogP contribution in [0.2, 0.25) is 0 Å². The van der Waals surface area contributed by atoms with Gasteiger partial charge in [-0.25, -0.2) is 0 Å². The highest BCUT2D eigenvalue weighted by Gasteiger charge is 2.08. The minimum atomic E-state index is 0. The van der Waals surface area contributed by atoms with Gasteiger partial charge in [-0.3, -0.25) is 4.99 Å². The van der Waals surface area contributed by atoms with Crippen LogP contribution in [0.1, 0.15) is 39.5 Å². The lowest BCUT2D eigenvalue weighted by Crippen LogP contribution is -2.42. The van der Waals surface area contributed by atoms with E-state index in [2.05, 4.69) is 34.4 Å². The molecule has 114 valence electrons. The van der Waals surface area contributed by atoms with Crippen molar-refractivity contribution in [3.63, 3.8) is 0 Å². The molecule has 0 atom stereocenters. The van der Waals surface area contributed by atoms with Gasteiger partial charge in [-0.15, -0.1) is 24.0 Å². The summed E-state index contributed by atoms with van der Waals surface area (Å²) in [5, 5.41) is 6.73. The number of rotatable bonds is 5. The monoisotopic (exact) mass is 382 g/mol. The van der Waals surface area contributed by atoms with Crippen molar-refractivity contribution in [3.05, 3.63) is 0 Å². The van der Waals surface area contributed by atoms with E-state index in [9.17, 15) is 0 Å². The third-order valence-electron chi connectivity index (χ3n) is 3.32. The molecule has 1 rings (SSSR count). The zero-order chi connectivity index (χ0) is 13.2. The summed E-state index contributed by atoms with van der Waals surface area (Å²) >= 11 is 0. The lowest BCUT2D eigenvalue weighted by Gasteiger charge is -2.21. The van der Waals surface area contributed by atoms with E-state index in [4.69, 9.17) is 0 Å². The Morgan fingerprint density at radius 3 is 2.26 bits per heavy atom. The number of likely N-dealkylation sites (tertiary alicyclic amines) is 1. The van der Waals surface area contributed by atoms with Gasteiger partial charge < -0.3 is 15.5 Å². The van der Waals surface area contributed by atoms with Gasteiger partial charge in [0.05, 0.1) is 0 Å². The molecular weight excluding hydrogens is 351 g/mol. The Balaban J connectivity index is 0.00000324. The highest BCUT2D eigenvalue weighted by Crippen LogP contribution is 2.08. The van der Waals surface area contributed by atoms with Gasteiger partial charge in [0, 0.05) is 26.7 Å². The van der Waals surface area contributed by atoms with Crippen LogP contribution in [0, 0.1) is 5.92 Å².